The average molecular weight is 539 g/mol. The molecule has 0 aliphatic carbocycles. The molecule has 0 radical (unpaired) electrons. The quantitative estimate of drug-likeness (QED) is 0.112. The number of carbonyl (C=O) groups is 5. The van der Waals surface area contributed by atoms with Crippen LogP contribution in [0.2, 0.25) is 0 Å². The van der Waals surface area contributed by atoms with Crippen LogP contribution in [0.15, 0.2) is 30.3 Å². The van der Waals surface area contributed by atoms with Gasteiger partial charge >= 0.3 is 5.97 Å². The standard InChI is InChI=1S/C24H38N6O6S/c1-37-12-10-18(23(34)30-19(24(35)36)14-20(27)31)29-22(33)17(9-5-6-11-25)28-21(32)16(26)13-15-7-3-2-4-8-15/h2-4,7-8,16-19H,5-6,9-14,25-26H2,1H3,(H2,27,31)(H,28,32)(H,29,33)(H,30,34)(H,35,36). The second-order valence-corrected chi connectivity index (χ2v) is 9.54. The lowest BCUT2D eigenvalue weighted by Crippen LogP contribution is -2.57. The van der Waals surface area contributed by atoms with Crippen molar-refractivity contribution in [2.24, 2.45) is 17.2 Å². The summed E-state index contributed by atoms with van der Waals surface area (Å²) in [5.41, 5.74) is 17.6. The number of benzene rings is 1. The third-order valence-corrected chi connectivity index (χ3v) is 6.12. The highest BCUT2D eigenvalue weighted by molar-refractivity contribution is 7.98. The molecule has 13 heteroatoms. The predicted molar refractivity (Wildman–Crippen MR) is 141 cm³/mol. The molecule has 12 nitrogen and oxygen atoms in total. The van der Waals surface area contributed by atoms with Crippen LogP contribution in [0.5, 0.6) is 0 Å². The fraction of sp³-hybridized carbons (Fsp3) is 0.542. The first-order chi connectivity index (χ1) is 17.6. The molecule has 10 N–H and O–H groups in total. The molecule has 4 atom stereocenters. The summed E-state index contributed by atoms with van der Waals surface area (Å²) in [6.07, 6.45) is 3.12. The molecule has 1 aromatic carbocycles. The molecule has 1 aromatic rings. The molecule has 0 spiro atoms. The Morgan fingerprint density at radius 1 is 0.892 bits per heavy atom. The zero-order valence-corrected chi connectivity index (χ0v) is 21.8. The van der Waals surface area contributed by atoms with E-state index in [1.54, 1.807) is 0 Å². The topological polar surface area (TPSA) is 220 Å². The van der Waals surface area contributed by atoms with Crippen LogP contribution >= 0.6 is 11.8 Å². The van der Waals surface area contributed by atoms with E-state index < -0.39 is 60.2 Å². The predicted octanol–water partition coefficient (Wildman–Crippen LogP) is -1.15. The van der Waals surface area contributed by atoms with Gasteiger partial charge < -0.3 is 38.3 Å². The molecule has 206 valence electrons. The van der Waals surface area contributed by atoms with Crippen LogP contribution in [-0.2, 0) is 30.4 Å². The third-order valence-electron chi connectivity index (χ3n) is 5.48. The number of amides is 4. The monoisotopic (exact) mass is 538 g/mol. The van der Waals surface area contributed by atoms with Crippen molar-refractivity contribution < 1.29 is 29.1 Å². The molecular formula is C24H38N6O6S. The second kappa shape index (κ2) is 17.3. The maximum absolute atomic E-state index is 13.2. The van der Waals surface area contributed by atoms with Gasteiger partial charge in [-0.1, -0.05) is 30.3 Å². The Kier molecular flexibility index (Phi) is 14.9. The number of carbonyl (C=O) groups excluding carboxylic acids is 4. The van der Waals surface area contributed by atoms with E-state index in [0.717, 1.165) is 5.56 Å². The number of carboxylic acids is 1. The van der Waals surface area contributed by atoms with Crippen molar-refractivity contribution in [1.82, 2.24) is 16.0 Å². The number of rotatable bonds is 18. The van der Waals surface area contributed by atoms with Gasteiger partial charge in [0.1, 0.15) is 18.1 Å². The first-order valence-corrected chi connectivity index (χ1v) is 13.4. The summed E-state index contributed by atoms with van der Waals surface area (Å²) < 4.78 is 0. The number of nitrogens with one attached hydrogen (secondary N) is 3. The number of hydrogen-bond donors (Lipinski definition) is 7. The minimum absolute atomic E-state index is 0.193. The minimum atomic E-state index is -1.53. The van der Waals surface area contributed by atoms with E-state index in [0.29, 0.717) is 25.1 Å². The van der Waals surface area contributed by atoms with Crippen molar-refractivity contribution in [1.29, 1.82) is 0 Å². The molecule has 0 saturated heterocycles. The number of primary amides is 1. The summed E-state index contributed by atoms with van der Waals surface area (Å²) in [5.74, 6) is -3.75. The highest BCUT2D eigenvalue weighted by Gasteiger charge is 2.30. The van der Waals surface area contributed by atoms with Crippen LogP contribution in [0.25, 0.3) is 0 Å². The number of thioether (sulfide) groups is 1. The zero-order chi connectivity index (χ0) is 27.8. The van der Waals surface area contributed by atoms with Crippen molar-refractivity contribution >= 4 is 41.4 Å². The molecule has 0 bridgehead atoms. The van der Waals surface area contributed by atoms with E-state index in [-0.39, 0.29) is 19.3 Å². The van der Waals surface area contributed by atoms with E-state index in [2.05, 4.69) is 16.0 Å². The van der Waals surface area contributed by atoms with Gasteiger partial charge in [-0.3, -0.25) is 19.2 Å². The second-order valence-electron chi connectivity index (χ2n) is 8.55. The Balaban J connectivity index is 2.95. The molecule has 4 unspecified atom stereocenters. The van der Waals surface area contributed by atoms with Crippen LogP contribution in [-0.4, -0.2) is 77.4 Å². The maximum Gasteiger partial charge on any atom is 0.326 e. The van der Waals surface area contributed by atoms with Gasteiger partial charge in [0, 0.05) is 0 Å². The van der Waals surface area contributed by atoms with Crippen LogP contribution < -0.4 is 33.2 Å². The van der Waals surface area contributed by atoms with Crippen molar-refractivity contribution in [2.75, 3.05) is 18.6 Å². The summed E-state index contributed by atoms with van der Waals surface area (Å²) >= 11 is 1.43. The first-order valence-electron chi connectivity index (χ1n) is 12.0. The molecule has 0 saturated carbocycles. The largest absolute Gasteiger partial charge is 0.480 e. The Bertz CT molecular complexity index is 903. The van der Waals surface area contributed by atoms with Gasteiger partial charge in [-0.15, -0.1) is 0 Å². The molecule has 0 aromatic heterocycles. The van der Waals surface area contributed by atoms with Crippen molar-refractivity contribution in [3.05, 3.63) is 35.9 Å². The van der Waals surface area contributed by atoms with Crippen LogP contribution in [0.4, 0.5) is 0 Å². The van der Waals surface area contributed by atoms with Gasteiger partial charge in [-0.25, -0.2) is 4.79 Å². The highest BCUT2D eigenvalue weighted by Crippen LogP contribution is 2.08. The number of carboxylic acid groups (broad SMARTS) is 1. The van der Waals surface area contributed by atoms with Crippen LogP contribution in [0.1, 0.15) is 37.7 Å². The van der Waals surface area contributed by atoms with Gasteiger partial charge in [0.25, 0.3) is 0 Å². The van der Waals surface area contributed by atoms with Crippen molar-refractivity contribution in [3.8, 4) is 0 Å². The van der Waals surface area contributed by atoms with Gasteiger partial charge in [0.15, 0.2) is 0 Å². The SMILES string of the molecule is CSCCC(NC(=O)C(CCCCN)NC(=O)C(N)Cc1ccccc1)C(=O)NC(CC(N)=O)C(=O)O. The fourth-order valence-corrected chi connectivity index (χ4v) is 3.92. The molecule has 0 aliphatic rings. The molecule has 4 amide bonds. The van der Waals surface area contributed by atoms with Crippen molar-refractivity contribution in [3.63, 3.8) is 0 Å². The Morgan fingerprint density at radius 3 is 2.00 bits per heavy atom. The Hall–Kier alpha value is -3.16. The summed E-state index contributed by atoms with van der Waals surface area (Å²) in [7, 11) is 0. The normalized spacial score (nSPS) is 14.0. The number of hydrogen-bond acceptors (Lipinski definition) is 8. The minimum Gasteiger partial charge on any atom is -0.480 e. The van der Waals surface area contributed by atoms with Gasteiger partial charge in [-0.2, -0.15) is 11.8 Å². The first kappa shape index (κ1) is 31.9. The van der Waals surface area contributed by atoms with Crippen LogP contribution in [0.3, 0.4) is 0 Å². The number of aliphatic carboxylic acids is 1. The van der Waals surface area contributed by atoms with Crippen molar-refractivity contribution in [2.45, 2.75) is 62.7 Å². The number of unbranched alkanes of at least 4 members (excludes halogenated alkanes) is 1. The summed E-state index contributed by atoms with van der Waals surface area (Å²) in [4.78, 5) is 61.3. The molecule has 0 heterocycles. The molecule has 0 aliphatic heterocycles. The average Bonchev–Trinajstić information content (AvgIpc) is 2.85. The van der Waals surface area contributed by atoms with E-state index in [1.165, 1.54) is 11.8 Å². The summed E-state index contributed by atoms with van der Waals surface area (Å²) in [6.45, 7) is 0.408. The lowest BCUT2D eigenvalue weighted by Gasteiger charge is -2.25. The molecular weight excluding hydrogens is 500 g/mol. The third kappa shape index (κ3) is 12.6. The lowest BCUT2D eigenvalue weighted by molar-refractivity contribution is -0.143. The van der Waals surface area contributed by atoms with E-state index in [9.17, 15) is 29.1 Å². The zero-order valence-electron chi connectivity index (χ0n) is 21.0. The maximum atomic E-state index is 13.2. The molecule has 1 rings (SSSR count). The summed E-state index contributed by atoms with van der Waals surface area (Å²) in [5, 5.41) is 16.8. The van der Waals surface area contributed by atoms with Gasteiger partial charge in [0.2, 0.25) is 23.6 Å². The summed E-state index contributed by atoms with van der Waals surface area (Å²) in [6, 6.07) is 4.70. The van der Waals surface area contributed by atoms with Gasteiger partial charge in [-0.05, 0) is 56.2 Å². The van der Waals surface area contributed by atoms with E-state index in [4.69, 9.17) is 17.2 Å². The Labute approximate surface area is 220 Å². The Morgan fingerprint density at radius 2 is 1.46 bits per heavy atom. The molecule has 37 heavy (non-hydrogen) atoms. The molecule has 0 fully saturated rings. The van der Waals surface area contributed by atoms with Gasteiger partial charge in [0.05, 0.1) is 12.5 Å². The van der Waals surface area contributed by atoms with E-state index in [1.807, 2.05) is 36.6 Å². The fourth-order valence-electron chi connectivity index (χ4n) is 3.45. The highest BCUT2D eigenvalue weighted by atomic mass is 32.2. The van der Waals surface area contributed by atoms with Crippen LogP contribution in [0, 0.1) is 0 Å². The van der Waals surface area contributed by atoms with E-state index >= 15 is 0 Å². The lowest BCUT2D eigenvalue weighted by atomic mass is 10.0. The smallest absolute Gasteiger partial charge is 0.326 e. The number of nitrogens with two attached hydrogens (primary N) is 3.